The molecule has 5 amide bonds. The third kappa shape index (κ3) is 4.74. The molecule has 2 heterocycles. The van der Waals surface area contributed by atoms with Crippen molar-refractivity contribution in [3.8, 4) is 0 Å². The second kappa shape index (κ2) is 8.84. The molecule has 1 aromatic heterocycles. The summed E-state index contributed by atoms with van der Waals surface area (Å²) in [5, 5.41) is 9.86. The number of aromatic nitrogens is 1. The monoisotopic (exact) mass is 441 g/mol. The van der Waals surface area contributed by atoms with E-state index in [0.29, 0.717) is 22.1 Å². The zero-order chi connectivity index (χ0) is 22.0. The normalized spacial score (nSPS) is 16.5. The molecule has 1 aromatic carbocycles. The molecular formula is C21H23N5O4S. The summed E-state index contributed by atoms with van der Waals surface area (Å²) < 4.78 is 0. The number of hydrogen-bond acceptors (Lipinski definition) is 6. The van der Waals surface area contributed by atoms with Gasteiger partial charge < -0.3 is 10.6 Å². The van der Waals surface area contributed by atoms with E-state index in [9.17, 15) is 19.2 Å². The first kappa shape index (κ1) is 21.0. The zero-order valence-corrected chi connectivity index (χ0v) is 17.9. The molecule has 1 aliphatic carbocycles. The first-order valence-electron chi connectivity index (χ1n) is 10.2. The summed E-state index contributed by atoms with van der Waals surface area (Å²) in [6.45, 7) is 1.94. The Labute approximate surface area is 183 Å². The van der Waals surface area contributed by atoms with Crippen LogP contribution in [0.2, 0.25) is 0 Å². The third-order valence-corrected chi connectivity index (χ3v) is 6.25. The number of carbonyl (C=O) groups is 4. The number of aryl methyl sites for hydroxylation is 1. The molecule has 0 bridgehead atoms. The number of nitrogens with one attached hydrogen (secondary N) is 3. The molecule has 9 nitrogen and oxygen atoms in total. The summed E-state index contributed by atoms with van der Waals surface area (Å²) in [6, 6.07) is 4.43. The van der Waals surface area contributed by atoms with E-state index in [4.69, 9.17) is 0 Å². The van der Waals surface area contributed by atoms with Gasteiger partial charge in [0.25, 0.3) is 0 Å². The molecule has 4 rings (SSSR count). The SMILES string of the molecule is Cc1ccc(NC(=O)Nc2nc(CN3C(=O)CNC3=O)cs2)c(C(=O)C2CCCC2)c1. The fourth-order valence-corrected chi connectivity index (χ4v) is 4.54. The Bertz CT molecular complexity index is 1030. The smallest absolute Gasteiger partial charge is 0.325 e. The summed E-state index contributed by atoms with van der Waals surface area (Å²) in [5.74, 6) is -0.233. The van der Waals surface area contributed by atoms with Crippen LogP contribution in [0.4, 0.5) is 20.4 Å². The van der Waals surface area contributed by atoms with Crippen molar-refractivity contribution in [3.05, 3.63) is 40.4 Å². The number of anilines is 2. The van der Waals surface area contributed by atoms with Gasteiger partial charge in [-0.25, -0.2) is 14.6 Å². The quantitative estimate of drug-likeness (QED) is 0.468. The van der Waals surface area contributed by atoms with Crippen molar-refractivity contribution in [1.29, 1.82) is 0 Å². The molecule has 2 aromatic rings. The van der Waals surface area contributed by atoms with Crippen LogP contribution < -0.4 is 16.0 Å². The molecule has 1 saturated heterocycles. The first-order chi connectivity index (χ1) is 14.9. The summed E-state index contributed by atoms with van der Waals surface area (Å²) in [7, 11) is 0. The molecule has 0 radical (unpaired) electrons. The number of imide groups is 1. The topological polar surface area (TPSA) is 120 Å². The predicted molar refractivity (Wildman–Crippen MR) is 116 cm³/mol. The van der Waals surface area contributed by atoms with Gasteiger partial charge in [0.1, 0.15) is 0 Å². The minimum atomic E-state index is -0.514. The Hall–Kier alpha value is -3.27. The first-order valence-corrected chi connectivity index (χ1v) is 11.0. The van der Waals surface area contributed by atoms with E-state index in [2.05, 4.69) is 20.9 Å². The Kier molecular flexibility index (Phi) is 5.99. The third-order valence-electron chi connectivity index (χ3n) is 5.44. The van der Waals surface area contributed by atoms with Crippen molar-refractivity contribution in [1.82, 2.24) is 15.2 Å². The number of amides is 5. The Morgan fingerprint density at radius 3 is 2.71 bits per heavy atom. The highest BCUT2D eigenvalue weighted by molar-refractivity contribution is 7.13. The maximum absolute atomic E-state index is 12.9. The van der Waals surface area contributed by atoms with E-state index in [1.165, 1.54) is 11.3 Å². The number of thiazole rings is 1. The number of Topliss-reactive ketones (excluding diaryl/α,β-unsaturated/α-hetero) is 1. The van der Waals surface area contributed by atoms with Gasteiger partial charge in [0, 0.05) is 16.9 Å². The molecule has 31 heavy (non-hydrogen) atoms. The lowest BCUT2D eigenvalue weighted by Gasteiger charge is -2.14. The maximum atomic E-state index is 12.9. The average molecular weight is 442 g/mol. The van der Waals surface area contributed by atoms with Gasteiger partial charge in [-0.3, -0.25) is 19.8 Å². The van der Waals surface area contributed by atoms with Crippen molar-refractivity contribution in [2.45, 2.75) is 39.2 Å². The van der Waals surface area contributed by atoms with Crippen LogP contribution in [0.15, 0.2) is 23.6 Å². The van der Waals surface area contributed by atoms with E-state index >= 15 is 0 Å². The van der Waals surface area contributed by atoms with Gasteiger partial charge in [-0.1, -0.05) is 24.5 Å². The largest absolute Gasteiger partial charge is 0.329 e. The van der Waals surface area contributed by atoms with E-state index in [-0.39, 0.29) is 30.7 Å². The van der Waals surface area contributed by atoms with Gasteiger partial charge in [-0.15, -0.1) is 11.3 Å². The number of benzene rings is 1. The van der Waals surface area contributed by atoms with Gasteiger partial charge in [-0.2, -0.15) is 0 Å². The van der Waals surface area contributed by atoms with Crippen LogP contribution in [0.1, 0.15) is 47.3 Å². The predicted octanol–water partition coefficient (Wildman–Crippen LogP) is 3.52. The van der Waals surface area contributed by atoms with E-state index in [0.717, 1.165) is 36.1 Å². The number of ketones is 1. The molecule has 0 unspecified atom stereocenters. The van der Waals surface area contributed by atoms with Crippen LogP contribution in [0, 0.1) is 12.8 Å². The van der Waals surface area contributed by atoms with Crippen LogP contribution in [-0.4, -0.2) is 40.2 Å². The van der Waals surface area contributed by atoms with Crippen LogP contribution in [-0.2, 0) is 11.3 Å². The lowest BCUT2D eigenvalue weighted by molar-refractivity contribution is -0.125. The van der Waals surface area contributed by atoms with Crippen molar-refractivity contribution in [2.75, 3.05) is 17.2 Å². The molecule has 162 valence electrons. The molecule has 2 fully saturated rings. The van der Waals surface area contributed by atoms with E-state index in [1.54, 1.807) is 11.4 Å². The van der Waals surface area contributed by atoms with Crippen LogP contribution >= 0.6 is 11.3 Å². The van der Waals surface area contributed by atoms with Gasteiger partial charge in [0.05, 0.1) is 24.5 Å². The van der Waals surface area contributed by atoms with Gasteiger partial charge in [0.2, 0.25) is 5.91 Å². The number of carbonyl (C=O) groups excluding carboxylic acids is 4. The minimum Gasteiger partial charge on any atom is -0.329 e. The van der Waals surface area contributed by atoms with Gasteiger partial charge >= 0.3 is 12.1 Å². The molecule has 2 aliphatic rings. The highest BCUT2D eigenvalue weighted by Gasteiger charge is 2.29. The second-order valence-electron chi connectivity index (χ2n) is 7.76. The van der Waals surface area contributed by atoms with Crippen molar-refractivity contribution in [3.63, 3.8) is 0 Å². The number of hydrogen-bond donors (Lipinski definition) is 3. The van der Waals surface area contributed by atoms with Crippen molar-refractivity contribution >= 4 is 45.9 Å². The summed E-state index contributed by atoms with van der Waals surface area (Å²) in [6.07, 6.45) is 3.89. The summed E-state index contributed by atoms with van der Waals surface area (Å²) in [4.78, 5) is 54.1. The fraction of sp³-hybridized carbons (Fsp3) is 0.381. The van der Waals surface area contributed by atoms with Crippen LogP contribution in [0.5, 0.6) is 0 Å². The van der Waals surface area contributed by atoms with Crippen molar-refractivity contribution < 1.29 is 19.2 Å². The number of urea groups is 2. The number of nitrogens with zero attached hydrogens (tertiary/aromatic N) is 2. The highest BCUT2D eigenvalue weighted by atomic mass is 32.1. The average Bonchev–Trinajstić information content (AvgIpc) is 3.48. The molecule has 3 N–H and O–H groups in total. The van der Waals surface area contributed by atoms with Crippen molar-refractivity contribution in [2.24, 2.45) is 5.92 Å². The Morgan fingerprint density at radius 2 is 2.00 bits per heavy atom. The Morgan fingerprint density at radius 1 is 1.23 bits per heavy atom. The van der Waals surface area contributed by atoms with Crippen LogP contribution in [0.25, 0.3) is 0 Å². The minimum absolute atomic E-state index is 0.0115. The maximum Gasteiger partial charge on any atom is 0.325 e. The van der Waals surface area contributed by atoms with Crippen LogP contribution in [0.3, 0.4) is 0 Å². The zero-order valence-electron chi connectivity index (χ0n) is 17.1. The summed E-state index contributed by atoms with van der Waals surface area (Å²) >= 11 is 1.19. The highest BCUT2D eigenvalue weighted by Crippen LogP contribution is 2.31. The molecule has 1 saturated carbocycles. The van der Waals surface area contributed by atoms with Gasteiger partial charge in [-0.05, 0) is 31.9 Å². The fourth-order valence-electron chi connectivity index (χ4n) is 3.84. The standard InChI is InChI=1S/C21H23N5O4S/c1-12-6-7-16(15(8-12)18(28)13-4-2-3-5-13)24-19(29)25-20-23-14(11-31-20)10-26-17(27)9-22-21(26)30/h6-8,11,13H,2-5,9-10H2,1H3,(H,22,30)(H2,23,24,25,29). The second-order valence-corrected chi connectivity index (χ2v) is 8.61. The molecule has 0 spiro atoms. The lowest BCUT2D eigenvalue weighted by Crippen LogP contribution is -2.30. The molecule has 10 heteroatoms. The molecule has 1 aliphatic heterocycles. The molecular weight excluding hydrogens is 418 g/mol. The summed E-state index contributed by atoms with van der Waals surface area (Å²) in [5.41, 5.74) is 2.45. The number of rotatable bonds is 6. The van der Waals surface area contributed by atoms with Gasteiger partial charge in [0.15, 0.2) is 10.9 Å². The Balaban J connectivity index is 1.41. The van der Waals surface area contributed by atoms with E-state index in [1.807, 2.05) is 19.1 Å². The van der Waals surface area contributed by atoms with E-state index < -0.39 is 12.1 Å². The molecule has 0 atom stereocenters. The lowest BCUT2D eigenvalue weighted by atomic mass is 9.94.